The van der Waals surface area contributed by atoms with Gasteiger partial charge in [0.15, 0.2) is 0 Å². The molecule has 1 aliphatic heterocycles. The molecule has 0 aromatic heterocycles. The van der Waals surface area contributed by atoms with Crippen molar-refractivity contribution in [2.45, 2.75) is 51.4 Å². The highest BCUT2D eigenvalue weighted by atomic mass is 35.5. The molecular formula is C18H20Cl2F3NO4. The molecule has 0 saturated carbocycles. The molecule has 1 aliphatic rings. The van der Waals surface area contributed by atoms with Gasteiger partial charge in [0.25, 0.3) is 0 Å². The minimum Gasteiger partial charge on any atom is -0.481 e. The van der Waals surface area contributed by atoms with Crippen molar-refractivity contribution in [2.24, 2.45) is 10.8 Å². The van der Waals surface area contributed by atoms with Crippen LogP contribution < -0.4 is 5.32 Å². The minimum atomic E-state index is -4.94. The van der Waals surface area contributed by atoms with Gasteiger partial charge in [0.1, 0.15) is 6.04 Å². The van der Waals surface area contributed by atoms with E-state index in [0.717, 1.165) is 0 Å². The van der Waals surface area contributed by atoms with Gasteiger partial charge in [-0.25, -0.2) is 0 Å². The lowest BCUT2D eigenvalue weighted by atomic mass is 9.51. The van der Waals surface area contributed by atoms with Gasteiger partial charge in [-0.2, -0.15) is 13.2 Å². The van der Waals surface area contributed by atoms with E-state index in [2.05, 4.69) is 5.32 Å². The summed E-state index contributed by atoms with van der Waals surface area (Å²) in [7, 11) is 0. The van der Waals surface area contributed by atoms with Gasteiger partial charge in [0, 0.05) is 12.0 Å². The Morgan fingerprint density at radius 1 is 1.21 bits per heavy atom. The van der Waals surface area contributed by atoms with Crippen molar-refractivity contribution in [3.63, 3.8) is 0 Å². The second-order valence-electron chi connectivity index (χ2n) is 7.23. The molecule has 1 fully saturated rings. The first-order chi connectivity index (χ1) is 12.8. The molecule has 156 valence electrons. The van der Waals surface area contributed by atoms with Crippen molar-refractivity contribution in [1.29, 1.82) is 0 Å². The van der Waals surface area contributed by atoms with Gasteiger partial charge >= 0.3 is 18.1 Å². The van der Waals surface area contributed by atoms with Gasteiger partial charge in [-0.1, -0.05) is 42.3 Å². The quantitative estimate of drug-likeness (QED) is 0.636. The first-order valence-electron chi connectivity index (χ1n) is 8.49. The number of carboxylic acid groups (broad SMARTS) is 2. The predicted molar refractivity (Wildman–Crippen MR) is 97.7 cm³/mol. The summed E-state index contributed by atoms with van der Waals surface area (Å²) in [6.45, 7) is 3.81. The zero-order valence-electron chi connectivity index (χ0n) is 15.3. The third-order valence-electron chi connectivity index (χ3n) is 6.01. The molecule has 10 heteroatoms. The fourth-order valence-corrected chi connectivity index (χ4v) is 4.79. The topological polar surface area (TPSA) is 86.6 Å². The lowest BCUT2D eigenvalue weighted by Gasteiger charge is -2.56. The zero-order chi connectivity index (χ0) is 21.7. The first kappa shape index (κ1) is 22.8. The molecule has 0 spiro atoms. The van der Waals surface area contributed by atoms with E-state index in [-0.39, 0.29) is 15.6 Å². The molecule has 1 saturated heterocycles. The molecule has 0 aliphatic carbocycles. The number of aliphatic carboxylic acids is 2. The Kier molecular flexibility index (Phi) is 6.01. The molecule has 5 nitrogen and oxygen atoms in total. The Balaban J connectivity index is 2.99. The summed E-state index contributed by atoms with van der Waals surface area (Å²) in [4.78, 5) is 24.6. The average Bonchev–Trinajstić information content (AvgIpc) is 2.58. The molecule has 1 aromatic carbocycles. The number of hydrogen-bond acceptors (Lipinski definition) is 3. The first-order valence-corrected chi connectivity index (χ1v) is 9.25. The van der Waals surface area contributed by atoms with Gasteiger partial charge in [-0.3, -0.25) is 9.59 Å². The SMILES string of the molecule is CCC1(C(=O)O)C(C(F)(F)F)NC(C)C(C)(C(=O)O)C1c1cccc(Cl)c1Cl. The van der Waals surface area contributed by atoms with Crippen LogP contribution in [0.3, 0.4) is 0 Å². The maximum absolute atomic E-state index is 13.9. The van der Waals surface area contributed by atoms with E-state index < -0.39 is 53.4 Å². The highest BCUT2D eigenvalue weighted by molar-refractivity contribution is 6.42. The van der Waals surface area contributed by atoms with Crippen LogP contribution in [0.2, 0.25) is 10.0 Å². The van der Waals surface area contributed by atoms with Crippen molar-refractivity contribution < 1.29 is 33.0 Å². The second-order valence-corrected chi connectivity index (χ2v) is 8.01. The summed E-state index contributed by atoms with van der Waals surface area (Å²) in [5.41, 5.74) is -4.47. The average molecular weight is 442 g/mol. The summed E-state index contributed by atoms with van der Waals surface area (Å²) >= 11 is 12.3. The highest BCUT2D eigenvalue weighted by Crippen LogP contribution is 2.60. The molecule has 2 rings (SSSR count). The van der Waals surface area contributed by atoms with E-state index in [1.54, 1.807) is 0 Å². The molecule has 0 bridgehead atoms. The monoisotopic (exact) mass is 441 g/mol. The zero-order valence-corrected chi connectivity index (χ0v) is 16.8. The molecule has 0 amide bonds. The fraction of sp³-hybridized carbons (Fsp3) is 0.556. The lowest BCUT2D eigenvalue weighted by Crippen LogP contribution is -2.72. The molecular weight excluding hydrogens is 422 g/mol. The molecule has 5 unspecified atom stereocenters. The van der Waals surface area contributed by atoms with E-state index in [4.69, 9.17) is 23.2 Å². The Morgan fingerprint density at radius 2 is 1.79 bits per heavy atom. The van der Waals surface area contributed by atoms with E-state index in [0.29, 0.717) is 0 Å². The Hall–Kier alpha value is -1.51. The number of nitrogens with one attached hydrogen (secondary N) is 1. The Bertz CT molecular complexity index is 804. The van der Waals surface area contributed by atoms with Crippen molar-refractivity contribution in [3.05, 3.63) is 33.8 Å². The number of carboxylic acids is 2. The minimum absolute atomic E-state index is 0.00274. The Labute approximate surface area is 169 Å². The van der Waals surface area contributed by atoms with Gasteiger partial charge in [-0.15, -0.1) is 0 Å². The van der Waals surface area contributed by atoms with E-state index >= 15 is 0 Å². The summed E-state index contributed by atoms with van der Waals surface area (Å²) in [5.74, 6) is -4.80. The largest absolute Gasteiger partial charge is 0.481 e. The number of halogens is 5. The molecule has 1 heterocycles. The van der Waals surface area contributed by atoms with Crippen LogP contribution in [-0.2, 0) is 9.59 Å². The standard InChI is InChI=1S/C18H20Cl2F3NO4/c1-4-17(15(27)28)12(9-6-5-7-10(19)11(9)20)16(3,14(25)26)8(2)24-13(17)18(21,22)23/h5-8,12-13,24H,4H2,1-3H3,(H,25,26)(H,27,28). The van der Waals surface area contributed by atoms with Crippen LogP contribution in [0.15, 0.2) is 18.2 Å². The number of benzene rings is 1. The lowest BCUT2D eigenvalue weighted by molar-refractivity contribution is -0.223. The van der Waals surface area contributed by atoms with Gasteiger partial charge < -0.3 is 15.5 Å². The number of rotatable bonds is 4. The predicted octanol–water partition coefficient (Wildman–Crippen LogP) is 4.57. The normalized spacial score (nSPS) is 33.5. The number of piperidine rings is 1. The van der Waals surface area contributed by atoms with Crippen molar-refractivity contribution in [3.8, 4) is 0 Å². The molecule has 28 heavy (non-hydrogen) atoms. The number of carbonyl (C=O) groups is 2. The van der Waals surface area contributed by atoms with Gasteiger partial charge in [-0.05, 0) is 31.9 Å². The molecule has 1 aromatic rings. The third kappa shape index (κ3) is 3.15. The molecule has 3 N–H and O–H groups in total. The summed E-state index contributed by atoms with van der Waals surface area (Å²) in [5, 5.41) is 22.0. The van der Waals surface area contributed by atoms with Gasteiger partial charge in [0.05, 0.1) is 20.9 Å². The maximum atomic E-state index is 13.9. The van der Waals surface area contributed by atoms with Gasteiger partial charge in [0.2, 0.25) is 0 Å². The second kappa shape index (κ2) is 7.39. The van der Waals surface area contributed by atoms with Crippen molar-refractivity contribution >= 4 is 35.1 Å². The highest BCUT2D eigenvalue weighted by Gasteiger charge is 2.71. The van der Waals surface area contributed by atoms with Crippen LogP contribution in [0.25, 0.3) is 0 Å². The van der Waals surface area contributed by atoms with E-state index in [1.807, 2.05) is 0 Å². The van der Waals surface area contributed by atoms with E-state index in [1.165, 1.54) is 39.0 Å². The summed E-state index contributed by atoms with van der Waals surface area (Å²) in [6.07, 6.45) is -5.42. The molecule has 0 radical (unpaired) electrons. The Morgan fingerprint density at radius 3 is 2.21 bits per heavy atom. The van der Waals surface area contributed by atoms with Crippen LogP contribution in [0, 0.1) is 10.8 Å². The van der Waals surface area contributed by atoms with Crippen LogP contribution >= 0.6 is 23.2 Å². The third-order valence-corrected chi connectivity index (χ3v) is 6.84. The van der Waals surface area contributed by atoms with Crippen LogP contribution in [0.1, 0.15) is 38.7 Å². The molecule has 5 atom stereocenters. The summed E-state index contributed by atoms with van der Waals surface area (Å²) in [6, 6.07) is 0.439. The van der Waals surface area contributed by atoms with Crippen LogP contribution in [0.5, 0.6) is 0 Å². The van der Waals surface area contributed by atoms with Crippen LogP contribution in [-0.4, -0.2) is 40.4 Å². The summed E-state index contributed by atoms with van der Waals surface area (Å²) < 4.78 is 41.8. The van der Waals surface area contributed by atoms with E-state index in [9.17, 15) is 33.0 Å². The van der Waals surface area contributed by atoms with Crippen LogP contribution in [0.4, 0.5) is 13.2 Å². The maximum Gasteiger partial charge on any atom is 0.405 e. The fourth-order valence-electron chi connectivity index (χ4n) is 4.37. The van der Waals surface area contributed by atoms with Crippen molar-refractivity contribution in [1.82, 2.24) is 5.32 Å². The number of alkyl halides is 3. The smallest absolute Gasteiger partial charge is 0.405 e. The number of hydrogen-bond donors (Lipinski definition) is 3. The van der Waals surface area contributed by atoms with Crippen molar-refractivity contribution in [2.75, 3.05) is 0 Å².